The first-order valence-corrected chi connectivity index (χ1v) is 6.89. The van der Waals surface area contributed by atoms with E-state index in [0.29, 0.717) is 17.9 Å². The highest BCUT2D eigenvalue weighted by molar-refractivity contribution is 5.95. The molecule has 0 aliphatic rings. The Morgan fingerprint density at radius 1 is 1.32 bits per heavy atom. The predicted octanol–water partition coefficient (Wildman–Crippen LogP) is 2.44. The van der Waals surface area contributed by atoms with Gasteiger partial charge in [-0.1, -0.05) is 30.3 Å². The SMILES string of the molecule is COC(=O)c1cn2ncnc(NCc3ccccc3)c2c1C. The Morgan fingerprint density at radius 2 is 2.09 bits per heavy atom. The van der Waals surface area contributed by atoms with E-state index in [1.807, 2.05) is 37.3 Å². The summed E-state index contributed by atoms with van der Waals surface area (Å²) in [6.45, 7) is 2.50. The van der Waals surface area contributed by atoms with Crippen molar-refractivity contribution in [2.24, 2.45) is 0 Å². The number of aromatic nitrogens is 3. The number of fused-ring (bicyclic) bond motifs is 1. The van der Waals surface area contributed by atoms with Crippen LogP contribution < -0.4 is 5.32 Å². The van der Waals surface area contributed by atoms with Crippen LogP contribution in [0.1, 0.15) is 21.5 Å². The molecule has 1 N–H and O–H groups in total. The third kappa shape index (κ3) is 2.50. The van der Waals surface area contributed by atoms with Crippen LogP contribution in [-0.4, -0.2) is 27.7 Å². The van der Waals surface area contributed by atoms with E-state index < -0.39 is 0 Å². The number of rotatable bonds is 4. The zero-order valence-electron chi connectivity index (χ0n) is 12.4. The topological polar surface area (TPSA) is 68.5 Å². The average molecular weight is 296 g/mol. The third-order valence-electron chi connectivity index (χ3n) is 3.53. The molecule has 0 aliphatic carbocycles. The standard InChI is InChI=1S/C16H16N4O2/c1-11-13(16(21)22-2)9-20-14(11)15(18-10-19-20)17-8-12-6-4-3-5-7-12/h3-7,9-10H,8H2,1-2H3,(H,17,18,19). The van der Waals surface area contributed by atoms with Crippen molar-refractivity contribution in [2.75, 3.05) is 12.4 Å². The Bertz CT molecular complexity index is 812. The molecule has 22 heavy (non-hydrogen) atoms. The number of esters is 1. The van der Waals surface area contributed by atoms with E-state index in [9.17, 15) is 4.79 Å². The molecule has 0 unspecified atom stereocenters. The van der Waals surface area contributed by atoms with Crippen LogP contribution in [0.2, 0.25) is 0 Å². The number of carbonyl (C=O) groups excluding carboxylic acids is 1. The van der Waals surface area contributed by atoms with Crippen LogP contribution in [-0.2, 0) is 11.3 Å². The summed E-state index contributed by atoms with van der Waals surface area (Å²) in [5.74, 6) is 0.309. The van der Waals surface area contributed by atoms with Crippen LogP contribution in [0.4, 0.5) is 5.82 Å². The summed E-state index contributed by atoms with van der Waals surface area (Å²) in [4.78, 5) is 16.1. The van der Waals surface area contributed by atoms with Gasteiger partial charge < -0.3 is 10.1 Å². The van der Waals surface area contributed by atoms with Crippen LogP contribution >= 0.6 is 0 Å². The van der Waals surface area contributed by atoms with Gasteiger partial charge in [0, 0.05) is 12.7 Å². The monoisotopic (exact) mass is 296 g/mol. The first kappa shape index (κ1) is 14.1. The summed E-state index contributed by atoms with van der Waals surface area (Å²) in [7, 11) is 1.37. The Labute approximate surface area is 127 Å². The fourth-order valence-electron chi connectivity index (χ4n) is 2.39. The molecule has 3 aromatic rings. The molecule has 0 bridgehead atoms. The normalized spacial score (nSPS) is 10.6. The number of ether oxygens (including phenoxy) is 1. The van der Waals surface area contributed by atoms with Crippen LogP contribution in [0, 0.1) is 6.92 Å². The van der Waals surface area contributed by atoms with E-state index >= 15 is 0 Å². The molecule has 0 spiro atoms. The first-order valence-electron chi connectivity index (χ1n) is 6.89. The Hall–Kier alpha value is -2.89. The number of methoxy groups -OCH3 is 1. The fourth-order valence-corrected chi connectivity index (χ4v) is 2.39. The molecule has 6 nitrogen and oxygen atoms in total. The second-order valence-corrected chi connectivity index (χ2v) is 4.90. The third-order valence-corrected chi connectivity index (χ3v) is 3.53. The number of carbonyl (C=O) groups is 1. The van der Waals surface area contributed by atoms with Gasteiger partial charge in [-0.3, -0.25) is 0 Å². The number of aryl methyl sites for hydroxylation is 1. The van der Waals surface area contributed by atoms with Gasteiger partial charge in [-0.05, 0) is 18.1 Å². The molecular formula is C16H16N4O2. The molecule has 0 fully saturated rings. The Balaban J connectivity index is 1.96. The maximum atomic E-state index is 11.8. The predicted molar refractivity (Wildman–Crippen MR) is 82.8 cm³/mol. The second kappa shape index (κ2) is 5.85. The average Bonchev–Trinajstić information content (AvgIpc) is 2.91. The van der Waals surface area contributed by atoms with Gasteiger partial charge in [-0.25, -0.2) is 14.3 Å². The molecule has 2 aromatic heterocycles. The number of anilines is 1. The van der Waals surface area contributed by atoms with Gasteiger partial charge in [0.15, 0.2) is 5.82 Å². The lowest BCUT2D eigenvalue weighted by atomic mass is 10.2. The minimum Gasteiger partial charge on any atom is -0.465 e. The molecule has 0 aliphatic heterocycles. The molecule has 0 amide bonds. The minimum atomic E-state index is -0.378. The van der Waals surface area contributed by atoms with Crippen molar-refractivity contribution in [3.8, 4) is 0 Å². The summed E-state index contributed by atoms with van der Waals surface area (Å²) in [6, 6.07) is 10.0. The molecule has 3 rings (SSSR count). The largest absolute Gasteiger partial charge is 0.465 e. The summed E-state index contributed by atoms with van der Waals surface area (Å²) in [5.41, 5.74) is 3.21. The molecule has 2 heterocycles. The van der Waals surface area contributed by atoms with Gasteiger partial charge in [0.2, 0.25) is 0 Å². The maximum Gasteiger partial charge on any atom is 0.339 e. The van der Waals surface area contributed by atoms with E-state index in [1.165, 1.54) is 13.4 Å². The van der Waals surface area contributed by atoms with Crippen molar-refractivity contribution >= 4 is 17.3 Å². The summed E-state index contributed by atoms with van der Waals surface area (Å²) in [6.07, 6.45) is 3.12. The van der Waals surface area contributed by atoms with E-state index in [2.05, 4.69) is 15.4 Å². The van der Waals surface area contributed by atoms with Gasteiger partial charge in [0.25, 0.3) is 0 Å². The number of benzene rings is 1. The van der Waals surface area contributed by atoms with Gasteiger partial charge in [-0.2, -0.15) is 5.10 Å². The van der Waals surface area contributed by atoms with E-state index in [-0.39, 0.29) is 5.97 Å². The van der Waals surface area contributed by atoms with Gasteiger partial charge >= 0.3 is 5.97 Å². The molecule has 112 valence electrons. The fraction of sp³-hybridized carbons (Fsp3) is 0.188. The number of hydrogen-bond donors (Lipinski definition) is 1. The highest BCUT2D eigenvalue weighted by atomic mass is 16.5. The van der Waals surface area contributed by atoms with E-state index in [1.54, 1.807) is 10.7 Å². The molecule has 0 saturated heterocycles. The Kier molecular flexibility index (Phi) is 3.74. The van der Waals surface area contributed by atoms with Gasteiger partial charge in [0.1, 0.15) is 11.8 Å². The zero-order valence-corrected chi connectivity index (χ0v) is 12.4. The van der Waals surface area contributed by atoms with E-state index in [0.717, 1.165) is 16.6 Å². The second-order valence-electron chi connectivity index (χ2n) is 4.90. The quantitative estimate of drug-likeness (QED) is 0.749. The molecule has 0 atom stereocenters. The molecular weight excluding hydrogens is 280 g/mol. The highest BCUT2D eigenvalue weighted by Gasteiger charge is 2.17. The maximum absolute atomic E-state index is 11.8. The molecule has 1 aromatic carbocycles. The van der Waals surface area contributed by atoms with Crippen molar-refractivity contribution in [1.82, 2.24) is 14.6 Å². The lowest BCUT2D eigenvalue weighted by molar-refractivity contribution is 0.0600. The lowest BCUT2D eigenvalue weighted by Crippen LogP contribution is -2.05. The van der Waals surface area contributed by atoms with Gasteiger partial charge in [-0.15, -0.1) is 0 Å². The van der Waals surface area contributed by atoms with Crippen LogP contribution in [0.3, 0.4) is 0 Å². The smallest absolute Gasteiger partial charge is 0.339 e. The Morgan fingerprint density at radius 3 is 2.82 bits per heavy atom. The highest BCUT2D eigenvalue weighted by Crippen LogP contribution is 2.23. The molecule has 0 saturated carbocycles. The van der Waals surface area contributed by atoms with Crippen LogP contribution in [0.25, 0.3) is 5.52 Å². The number of hydrogen-bond acceptors (Lipinski definition) is 5. The number of nitrogens with zero attached hydrogens (tertiary/aromatic N) is 3. The van der Waals surface area contributed by atoms with Crippen molar-refractivity contribution < 1.29 is 9.53 Å². The van der Waals surface area contributed by atoms with E-state index in [4.69, 9.17) is 4.74 Å². The minimum absolute atomic E-state index is 0.378. The lowest BCUT2D eigenvalue weighted by Gasteiger charge is -2.07. The molecule has 6 heteroatoms. The van der Waals surface area contributed by atoms with Crippen molar-refractivity contribution in [1.29, 1.82) is 0 Å². The van der Waals surface area contributed by atoms with Crippen LogP contribution in [0.15, 0.2) is 42.9 Å². The summed E-state index contributed by atoms with van der Waals surface area (Å²) in [5, 5.41) is 7.44. The van der Waals surface area contributed by atoms with Crippen molar-refractivity contribution in [3.63, 3.8) is 0 Å². The van der Waals surface area contributed by atoms with Crippen LogP contribution in [0.5, 0.6) is 0 Å². The van der Waals surface area contributed by atoms with Crippen molar-refractivity contribution in [3.05, 3.63) is 59.5 Å². The zero-order chi connectivity index (χ0) is 15.5. The molecule has 0 radical (unpaired) electrons. The summed E-state index contributed by atoms with van der Waals surface area (Å²) >= 11 is 0. The van der Waals surface area contributed by atoms with Crippen molar-refractivity contribution in [2.45, 2.75) is 13.5 Å². The summed E-state index contributed by atoms with van der Waals surface area (Å²) < 4.78 is 6.44. The number of nitrogens with one attached hydrogen (secondary N) is 1. The first-order chi connectivity index (χ1) is 10.7. The van der Waals surface area contributed by atoms with Gasteiger partial charge in [0.05, 0.1) is 12.7 Å².